The molecule has 0 spiro atoms. The summed E-state index contributed by atoms with van der Waals surface area (Å²) in [6.07, 6.45) is 3.90. The topological polar surface area (TPSA) is 59.9 Å². The van der Waals surface area contributed by atoms with Crippen LogP contribution in [0, 0.1) is 6.92 Å². The predicted octanol–water partition coefficient (Wildman–Crippen LogP) is 5.35. The zero-order chi connectivity index (χ0) is 21.4. The van der Waals surface area contributed by atoms with E-state index < -0.39 is 0 Å². The molecule has 2 heterocycles. The second-order valence-electron chi connectivity index (χ2n) is 7.34. The van der Waals surface area contributed by atoms with Crippen molar-refractivity contribution < 1.29 is 4.74 Å². The number of methoxy groups -OCH3 is 1. The Balaban J connectivity index is 1.77. The maximum atomic E-state index is 13.5. The molecular weight excluding hydrogens is 386 g/mol. The molecule has 0 aliphatic heterocycles. The van der Waals surface area contributed by atoms with Crippen molar-refractivity contribution >= 4 is 34.0 Å². The van der Waals surface area contributed by atoms with E-state index in [1.54, 1.807) is 17.7 Å². The fraction of sp³-hybridized carbons (Fsp3) is 0.0769. The number of aromatic amines is 1. The standard InChI is InChI=1S/C26H21N3O2/c1-17-18(19-9-3-5-11-21(19)27-17)15-16-25-28-22-12-6-4-10-20(22)26(30)29(25)23-13-7-8-14-24(23)31-2/h3-16,27H,1-2H3/b16-15+. The van der Waals surface area contributed by atoms with Crippen LogP contribution >= 0.6 is 0 Å². The van der Waals surface area contributed by atoms with Crippen LogP contribution < -0.4 is 10.3 Å². The number of benzene rings is 3. The Morgan fingerprint density at radius 1 is 0.903 bits per heavy atom. The minimum atomic E-state index is -0.134. The first kappa shape index (κ1) is 18.9. The van der Waals surface area contributed by atoms with Gasteiger partial charge in [0, 0.05) is 22.2 Å². The minimum absolute atomic E-state index is 0.134. The first-order chi connectivity index (χ1) is 15.2. The van der Waals surface area contributed by atoms with Gasteiger partial charge in [-0.3, -0.25) is 9.36 Å². The summed E-state index contributed by atoms with van der Waals surface area (Å²) < 4.78 is 7.15. The van der Waals surface area contributed by atoms with Crippen molar-refractivity contribution in [2.45, 2.75) is 6.92 Å². The van der Waals surface area contributed by atoms with Gasteiger partial charge in [0.25, 0.3) is 5.56 Å². The van der Waals surface area contributed by atoms with E-state index in [9.17, 15) is 4.79 Å². The van der Waals surface area contributed by atoms with Crippen molar-refractivity contribution in [2.75, 3.05) is 7.11 Å². The lowest BCUT2D eigenvalue weighted by Crippen LogP contribution is -2.22. The number of H-pyrrole nitrogens is 1. The molecule has 2 aromatic heterocycles. The van der Waals surface area contributed by atoms with Crippen molar-refractivity contribution in [3.05, 3.63) is 100 Å². The highest BCUT2D eigenvalue weighted by Gasteiger charge is 2.14. The molecule has 0 fully saturated rings. The number of hydrogen-bond donors (Lipinski definition) is 1. The van der Waals surface area contributed by atoms with Crippen molar-refractivity contribution in [1.82, 2.24) is 14.5 Å². The lowest BCUT2D eigenvalue weighted by molar-refractivity contribution is 0.412. The largest absolute Gasteiger partial charge is 0.495 e. The zero-order valence-electron chi connectivity index (χ0n) is 17.3. The summed E-state index contributed by atoms with van der Waals surface area (Å²) in [5.41, 5.74) is 4.39. The normalized spacial score (nSPS) is 11.5. The third-order valence-electron chi connectivity index (χ3n) is 5.47. The van der Waals surface area contributed by atoms with Crippen LogP contribution in [-0.4, -0.2) is 21.6 Å². The van der Waals surface area contributed by atoms with Crippen molar-refractivity contribution in [1.29, 1.82) is 0 Å². The van der Waals surface area contributed by atoms with E-state index in [-0.39, 0.29) is 5.56 Å². The van der Waals surface area contributed by atoms with Gasteiger partial charge in [-0.05, 0) is 49.4 Å². The number of hydrogen-bond acceptors (Lipinski definition) is 3. The first-order valence-electron chi connectivity index (χ1n) is 10.1. The van der Waals surface area contributed by atoms with Crippen LogP contribution in [0.4, 0.5) is 0 Å². The number of aryl methyl sites for hydroxylation is 1. The predicted molar refractivity (Wildman–Crippen MR) is 126 cm³/mol. The van der Waals surface area contributed by atoms with Gasteiger partial charge in [-0.25, -0.2) is 4.98 Å². The van der Waals surface area contributed by atoms with E-state index in [2.05, 4.69) is 17.1 Å². The summed E-state index contributed by atoms with van der Waals surface area (Å²) in [4.78, 5) is 21.7. The monoisotopic (exact) mass is 407 g/mol. The van der Waals surface area contributed by atoms with Crippen LogP contribution in [0.25, 0.3) is 39.6 Å². The molecule has 0 radical (unpaired) electrons. The molecule has 5 nitrogen and oxygen atoms in total. The molecule has 0 amide bonds. The van der Waals surface area contributed by atoms with Crippen LogP contribution in [0.2, 0.25) is 0 Å². The third kappa shape index (κ3) is 3.20. The maximum absolute atomic E-state index is 13.5. The molecule has 0 unspecified atom stereocenters. The quantitative estimate of drug-likeness (QED) is 0.437. The van der Waals surface area contributed by atoms with Crippen LogP contribution in [0.1, 0.15) is 17.1 Å². The summed E-state index contributed by atoms with van der Waals surface area (Å²) in [6.45, 7) is 2.04. The number of nitrogens with zero attached hydrogens (tertiary/aromatic N) is 2. The van der Waals surface area contributed by atoms with Gasteiger partial charge in [0.15, 0.2) is 0 Å². The molecule has 31 heavy (non-hydrogen) atoms. The van der Waals surface area contributed by atoms with E-state index in [1.165, 1.54) is 0 Å². The fourth-order valence-corrected chi connectivity index (χ4v) is 3.98. The third-order valence-corrected chi connectivity index (χ3v) is 5.47. The molecule has 3 aromatic carbocycles. The fourth-order valence-electron chi connectivity index (χ4n) is 3.98. The summed E-state index contributed by atoms with van der Waals surface area (Å²) in [6, 6.07) is 23.0. The number of aromatic nitrogens is 3. The summed E-state index contributed by atoms with van der Waals surface area (Å²) in [5, 5.41) is 1.69. The number of nitrogens with one attached hydrogen (secondary N) is 1. The molecule has 5 rings (SSSR count). The molecule has 0 aliphatic carbocycles. The van der Waals surface area contributed by atoms with Crippen LogP contribution in [0.3, 0.4) is 0 Å². The van der Waals surface area contributed by atoms with Gasteiger partial charge in [-0.2, -0.15) is 0 Å². The first-order valence-corrected chi connectivity index (χ1v) is 10.1. The maximum Gasteiger partial charge on any atom is 0.266 e. The molecule has 0 atom stereocenters. The second kappa shape index (κ2) is 7.61. The summed E-state index contributed by atoms with van der Waals surface area (Å²) in [5.74, 6) is 1.15. The van der Waals surface area contributed by atoms with Crippen molar-refractivity contribution in [3.63, 3.8) is 0 Å². The van der Waals surface area contributed by atoms with Gasteiger partial charge in [0.1, 0.15) is 11.6 Å². The Hall–Kier alpha value is -4.12. The zero-order valence-corrected chi connectivity index (χ0v) is 17.3. The van der Waals surface area contributed by atoms with Crippen molar-refractivity contribution in [2.24, 2.45) is 0 Å². The number of fused-ring (bicyclic) bond motifs is 2. The van der Waals surface area contributed by atoms with Gasteiger partial charge in [0.2, 0.25) is 0 Å². The molecule has 0 saturated heterocycles. The summed E-state index contributed by atoms with van der Waals surface area (Å²) >= 11 is 0. The Kier molecular flexibility index (Phi) is 4.64. The van der Waals surface area contributed by atoms with E-state index in [0.717, 1.165) is 22.2 Å². The van der Waals surface area contributed by atoms with Crippen LogP contribution in [-0.2, 0) is 0 Å². The molecule has 5 aromatic rings. The smallest absolute Gasteiger partial charge is 0.266 e. The number of para-hydroxylation sites is 4. The summed E-state index contributed by atoms with van der Waals surface area (Å²) in [7, 11) is 1.60. The lowest BCUT2D eigenvalue weighted by atomic mass is 10.1. The Bertz CT molecular complexity index is 1510. The molecule has 5 heteroatoms. The van der Waals surface area contributed by atoms with E-state index >= 15 is 0 Å². The Morgan fingerprint density at radius 2 is 1.61 bits per heavy atom. The van der Waals surface area contributed by atoms with E-state index in [1.807, 2.05) is 73.7 Å². The molecule has 0 saturated carbocycles. The Labute approximate surface area is 179 Å². The van der Waals surface area contributed by atoms with E-state index in [0.29, 0.717) is 28.2 Å². The number of rotatable bonds is 4. The highest BCUT2D eigenvalue weighted by molar-refractivity contribution is 5.93. The lowest BCUT2D eigenvalue weighted by Gasteiger charge is -2.14. The van der Waals surface area contributed by atoms with Gasteiger partial charge < -0.3 is 9.72 Å². The highest BCUT2D eigenvalue weighted by Crippen LogP contribution is 2.26. The molecule has 0 aliphatic rings. The van der Waals surface area contributed by atoms with Gasteiger partial charge in [0.05, 0.1) is 23.7 Å². The molecule has 152 valence electrons. The van der Waals surface area contributed by atoms with Crippen LogP contribution in [0.15, 0.2) is 77.6 Å². The van der Waals surface area contributed by atoms with Crippen LogP contribution in [0.5, 0.6) is 5.75 Å². The highest BCUT2D eigenvalue weighted by atomic mass is 16.5. The second-order valence-corrected chi connectivity index (χ2v) is 7.34. The average molecular weight is 407 g/mol. The minimum Gasteiger partial charge on any atom is -0.495 e. The molecular formula is C26H21N3O2. The Morgan fingerprint density at radius 3 is 2.45 bits per heavy atom. The van der Waals surface area contributed by atoms with E-state index in [4.69, 9.17) is 9.72 Å². The average Bonchev–Trinajstić information content (AvgIpc) is 3.12. The SMILES string of the molecule is COc1ccccc1-n1c(/C=C/c2c(C)[nH]c3ccccc23)nc2ccccc2c1=O. The number of ether oxygens (including phenoxy) is 1. The van der Waals surface area contributed by atoms with Crippen molar-refractivity contribution in [3.8, 4) is 11.4 Å². The molecule has 1 N–H and O–H groups in total. The van der Waals surface area contributed by atoms with Gasteiger partial charge in [-0.1, -0.05) is 42.5 Å². The molecule has 0 bridgehead atoms. The van der Waals surface area contributed by atoms with Gasteiger partial charge in [-0.15, -0.1) is 0 Å². The van der Waals surface area contributed by atoms with Gasteiger partial charge >= 0.3 is 0 Å².